The number of aromatic carboxylic acids is 1. The van der Waals surface area contributed by atoms with E-state index in [-0.39, 0.29) is 22.0 Å². The van der Waals surface area contributed by atoms with Gasteiger partial charge in [-0.05, 0) is 43.2 Å². The van der Waals surface area contributed by atoms with E-state index in [9.17, 15) is 18.3 Å². The van der Waals surface area contributed by atoms with Gasteiger partial charge >= 0.3 is 5.97 Å². The van der Waals surface area contributed by atoms with E-state index in [4.69, 9.17) is 16.3 Å². The van der Waals surface area contributed by atoms with Gasteiger partial charge in [0.2, 0.25) is 0 Å². The summed E-state index contributed by atoms with van der Waals surface area (Å²) in [5, 5.41) is 12.9. The Morgan fingerprint density at radius 2 is 1.93 bits per heavy atom. The van der Waals surface area contributed by atoms with Gasteiger partial charge in [-0.1, -0.05) is 37.9 Å². The van der Waals surface area contributed by atoms with Crippen molar-refractivity contribution in [3.05, 3.63) is 46.5 Å². The van der Waals surface area contributed by atoms with Crippen molar-refractivity contribution in [1.29, 1.82) is 0 Å². The van der Waals surface area contributed by atoms with Crippen LogP contribution in [-0.2, 0) is 9.84 Å². The molecule has 0 amide bonds. The number of ether oxygens (including phenoxy) is 1. The zero-order valence-electron chi connectivity index (χ0n) is 16.1. The zero-order chi connectivity index (χ0) is 20.9. The number of carboxylic acid groups (broad SMARTS) is 1. The average Bonchev–Trinajstić information content (AvgIpc) is 2.64. The quantitative estimate of drug-likeness (QED) is 0.540. The summed E-state index contributed by atoms with van der Waals surface area (Å²) in [4.78, 5) is 11.4. The molecule has 8 heteroatoms. The van der Waals surface area contributed by atoms with Gasteiger partial charge in [0.15, 0.2) is 15.6 Å². The number of hydrogen-bond acceptors (Lipinski definition) is 5. The van der Waals surface area contributed by atoms with E-state index < -0.39 is 15.8 Å². The van der Waals surface area contributed by atoms with E-state index in [1.54, 1.807) is 18.2 Å². The molecule has 6 nitrogen and oxygen atoms in total. The molecule has 2 N–H and O–H groups in total. The van der Waals surface area contributed by atoms with Gasteiger partial charge in [0.05, 0.1) is 22.0 Å². The highest BCUT2D eigenvalue weighted by Gasteiger charge is 2.25. The van der Waals surface area contributed by atoms with Crippen LogP contribution in [0.15, 0.2) is 35.2 Å². The van der Waals surface area contributed by atoms with Crippen LogP contribution in [0.25, 0.3) is 0 Å². The molecule has 0 radical (unpaired) electrons. The highest BCUT2D eigenvalue weighted by atomic mass is 35.5. The lowest BCUT2D eigenvalue weighted by Gasteiger charge is -2.18. The third-order valence-corrected chi connectivity index (χ3v) is 6.19. The molecular formula is C20H24ClNO5S. The SMILES string of the molecule is CCCCNc1cc(C(=O)O)cc(S(=O)(=O)CC)c1Oc1ccc(C)cc1Cl. The smallest absolute Gasteiger partial charge is 0.335 e. The predicted molar refractivity (Wildman–Crippen MR) is 111 cm³/mol. The number of anilines is 1. The van der Waals surface area contributed by atoms with E-state index in [1.165, 1.54) is 13.0 Å². The number of nitrogens with one attached hydrogen (secondary N) is 1. The molecule has 2 rings (SSSR count). The summed E-state index contributed by atoms with van der Waals surface area (Å²) in [5.41, 5.74) is 1.10. The van der Waals surface area contributed by atoms with Crippen LogP contribution in [0.1, 0.15) is 42.6 Å². The number of carboxylic acids is 1. The third kappa shape index (κ3) is 5.17. The van der Waals surface area contributed by atoms with Crippen LogP contribution in [0.2, 0.25) is 5.02 Å². The number of aryl methyl sites for hydroxylation is 1. The van der Waals surface area contributed by atoms with Crippen LogP contribution >= 0.6 is 11.6 Å². The standard InChI is InChI=1S/C20H24ClNO5S/c1-4-6-9-22-16-11-14(20(23)24)12-18(28(25,26)5-2)19(16)27-17-8-7-13(3)10-15(17)21/h7-8,10-12,22H,4-6,9H2,1-3H3,(H,23,24). The molecule has 0 spiro atoms. The van der Waals surface area contributed by atoms with Crippen LogP contribution in [0.4, 0.5) is 5.69 Å². The minimum absolute atomic E-state index is 0.0497. The maximum atomic E-state index is 12.7. The Morgan fingerprint density at radius 1 is 1.21 bits per heavy atom. The van der Waals surface area contributed by atoms with Gasteiger partial charge in [0.25, 0.3) is 0 Å². The Bertz CT molecular complexity index is 973. The normalized spacial score (nSPS) is 11.3. The molecule has 2 aromatic carbocycles. The van der Waals surface area contributed by atoms with Crippen LogP contribution < -0.4 is 10.1 Å². The Labute approximate surface area is 170 Å². The van der Waals surface area contributed by atoms with Crippen molar-refractivity contribution in [2.24, 2.45) is 0 Å². The van der Waals surface area contributed by atoms with Gasteiger partial charge in [-0.15, -0.1) is 0 Å². The van der Waals surface area contributed by atoms with Crippen LogP contribution in [0.3, 0.4) is 0 Å². The predicted octanol–water partition coefficient (Wildman–Crippen LogP) is 5.14. The molecule has 0 aliphatic rings. The molecule has 152 valence electrons. The van der Waals surface area contributed by atoms with Gasteiger partial charge in [-0.2, -0.15) is 0 Å². The maximum Gasteiger partial charge on any atom is 0.335 e. The van der Waals surface area contributed by atoms with Crippen LogP contribution in [0, 0.1) is 6.92 Å². The zero-order valence-corrected chi connectivity index (χ0v) is 17.7. The molecule has 0 aliphatic heterocycles. The summed E-state index contributed by atoms with van der Waals surface area (Å²) < 4.78 is 31.3. The highest BCUT2D eigenvalue weighted by Crippen LogP contribution is 2.40. The first-order valence-corrected chi connectivity index (χ1v) is 11.0. The molecule has 0 atom stereocenters. The van der Waals surface area contributed by atoms with Crippen molar-refractivity contribution in [3.63, 3.8) is 0 Å². The molecule has 0 saturated carbocycles. The lowest BCUT2D eigenvalue weighted by molar-refractivity contribution is 0.0696. The molecule has 0 heterocycles. The Balaban J connectivity index is 2.68. The van der Waals surface area contributed by atoms with E-state index in [1.807, 2.05) is 13.8 Å². The second-order valence-electron chi connectivity index (χ2n) is 6.38. The van der Waals surface area contributed by atoms with Crippen LogP contribution in [0.5, 0.6) is 11.5 Å². The number of unbranched alkanes of at least 4 members (excludes halogenated alkanes) is 1. The van der Waals surface area contributed by atoms with E-state index in [0.29, 0.717) is 23.0 Å². The summed E-state index contributed by atoms with van der Waals surface area (Å²) in [7, 11) is -3.75. The van der Waals surface area contributed by atoms with Crippen molar-refractivity contribution < 1.29 is 23.1 Å². The van der Waals surface area contributed by atoms with Crippen molar-refractivity contribution in [3.8, 4) is 11.5 Å². The Kier molecular flexibility index (Phi) is 7.32. The molecule has 2 aromatic rings. The number of sulfone groups is 1. The first-order valence-electron chi connectivity index (χ1n) is 9.01. The Hall–Kier alpha value is -2.25. The van der Waals surface area contributed by atoms with Gasteiger partial charge in [-0.3, -0.25) is 0 Å². The average molecular weight is 426 g/mol. The monoisotopic (exact) mass is 425 g/mol. The highest BCUT2D eigenvalue weighted by molar-refractivity contribution is 7.91. The first kappa shape index (κ1) is 22.0. The van der Waals surface area contributed by atoms with Gasteiger partial charge in [0, 0.05) is 6.54 Å². The number of rotatable bonds is 9. The van der Waals surface area contributed by atoms with E-state index >= 15 is 0 Å². The lowest BCUT2D eigenvalue weighted by atomic mass is 10.1. The number of benzene rings is 2. The fraction of sp³-hybridized carbons (Fsp3) is 0.350. The fourth-order valence-electron chi connectivity index (χ4n) is 2.55. The minimum Gasteiger partial charge on any atom is -0.478 e. The number of carbonyl (C=O) groups is 1. The minimum atomic E-state index is -3.75. The molecule has 0 bridgehead atoms. The summed E-state index contributed by atoms with van der Waals surface area (Å²) in [5.74, 6) is -1.07. The first-order chi connectivity index (χ1) is 13.2. The second kappa shape index (κ2) is 9.30. The third-order valence-electron chi connectivity index (χ3n) is 4.16. The maximum absolute atomic E-state index is 12.7. The topological polar surface area (TPSA) is 92.7 Å². The largest absolute Gasteiger partial charge is 0.478 e. The summed E-state index contributed by atoms with van der Waals surface area (Å²) in [6.45, 7) is 5.94. The summed E-state index contributed by atoms with van der Waals surface area (Å²) in [6, 6.07) is 7.67. The van der Waals surface area contributed by atoms with E-state index in [2.05, 4.69) is 5.32 Å². The molecule has 0 fully saturated rings. The van der Waals surface area contributed by atoms with Crippen LogP contribution in [-0.4, -0.2) is 31.8 Å². The molecule has 0 saturated heterocycles. The van der Waals surface area contributed by atoms with Crippen molar-refractivity contribution in [1.82, 2.24) is 0 Å². The van der Waals surface area contributed by atoms with Crippen molar-refractivity contribution in [2.75, 3.05) is 17.6 Å². The number of hydrogen-bond donors (Lipinski definition) is 2. The molecular weight excluding hydrogens is 402 g/mol. The molecule has 0 unspecified atom stereocenters. The van der Waals surface area contributed by atoms with Gasteiger partial charge in [-0.25, -0.2) is 13.2 Å². The molecule has 0 aliphatic carbocycles. The lowest BCUT2D eigenvalue weighted by Crippen LogP contribution is -2.12. The number of halogens is 1. The van der Waals surface area contributed by atoms with Gasteiger partial charge < -0.3 is 15.2 Å². The summed E-state index contributed by atoms with van der Waals surface area (Å²) in [6.07, 6.45) is 1.75. The fourth-order valence-corrected chi connectivity index (χ4v) is 3.87. The molecule has 28 heavy (non-hydrogen) atoms. The molecule has 0 aromatic heterocycles. The van der Waals surface area contributed by atoms with Gasteiger partial charge in [0.1, 0.15) is 10.6 Å². The second-order valence-corrected chi connectivity index (χ2v) is 9.03. The Morgan fingerprint density at radius 3 is 2.50 bits per heavy atom. The van der Waals surface area contributed by atoms with E-state index in [0.717, 1.165) is 24.5 Å². The van der Waals surface area contributed by atoms with Crippen molar-refractivity contribution >= 4 is 33.1 Å². The summed E-state index contributed by atoms with van der Waals surface area (Å²) >= 11 is 6.25. The van der Waals surface area contributed by atoms with Crippen molar-refractivity contribution in [2.45, 2.75) is 38.5 Å².